The number of rotatable bonds is 7. The van der Waals surface area contributed by atoms with Crippen LogP contribution in [0.4, 0.5) is 11.6 Å². The average molecular weight is 855 g/mol. The van der Waals surface area contributed by atoms with Crippen LogP contribution in [0, 0.1) is 0 Å². The lowest BCUT2D eigenvalue weighted by Gasteiger charge is -2.22. The molecule has 19 nitrogen and oxygen atoms in total. The van der Waals surface area contributed by atoms with Gasteiger partial charge in [0.2, 0.25) is 11.7 Å². The second kappa shape index (κ2) is 21.1. The van der Waals surface area contributed by atoms with Crippen molar-refractivity contribution in [3.63, 3.8) is 0 Å². The number of carboxylic acid groups (broad SMARTS) is 1. The number of aromatic nitrogens is 8. The molecule has 6 heterocycles. The third-order valence-electron chi connectivity index (χ3n) is 9.12. The molecule has 0 aliphatic carbocycles. The summed E-state index contributed by atoms with van der Waals surface area (Å²) >= 11 is 0. The molecule has 61 heavy (non-hydrogen) atoms. The number of nitrogens with one attached hydrogen (secondary N) is 3. The summed E-state index contributed by atoms with van der Waals surface area (Å²) in [5.74, 6) is 0.705. The fourth-order valence-electron chi connectivity index (χ4n) is 5.95. The Kier molecular flexibility index (Phi) is 16.1. The number of H-pyrrole nitrogens is 2. The number of ether oxygens (including phenoxy) is 2. The van der Waals surface area contributed by atoms with E-state index in [9.17, 15) is 19.2 Å². The molecule has 0 saturated heterocycles. The monoisotopic (exact) mass is 854 g/mol. The van der Waals surface area contributed by atoms with Crippen molar-refractivity contribution in [1.82, 2.24) is 45.6 Å². The largest absolute Gasteiger partial charge is 0.485 e. The van der Waals surface area contributed by atoms with E-state index in [1.807, 2.05) is 60.7 Å². The first-order chi connectivity index (χ1) is 28.4. The number of hydrogen-bond acceptors (Lipinski definition) is 13. The van der Waals surface area contributed by atoms with Crippen LogP contribution in [0.2, 0.25) is 0 Å². The number of pyridine rings is 2. The predicted octanol–water partition coefficient (Wildman–Crippen LogP) is 3.64. The number of hydrogen-bond donors (Lipinski definition) is 5. The number of amides is 3. The topological polar surface area (TPSA) is 260 Å². The number of halogens is 1. The van der Waals surface area contributed by atoms with Gasteiger partial charge in [0.15, 0.2) is 23.1 Å². The zero-order chi connectivity index (χ0) is 42.1. The quantitative estimate of drug-likeness (QED) is 0.154. The van der Waals surface area contributed by atoms with Crippen molar-refractivity contribution in [3.8, 4) is 11.5 Å². The Hall–Kier alpha value is -7.25. The van der Waals surface area contributed by atoms with Crippen molar-refractivity contribution in [3.05, 3.63) is 132 Å². The van der Waals surface area contributed by atoms with Crippen LogP contribution in [0.15, 0.2) is 97.3 Å². The number of nitrogens with zero attached hydrogens (tertiary/aromatic N) is 8. The number of benzene rings is 2. The minimum atomic E-state index is -1.12. The lowest BCUT2D eigenvalue weighted by atomic mass is 10.1. The van der Waals surface area contributed by atoms with E-state index in [4.69, 9.17) is 20.3 Å². The molecule has 320 valence electrons. The summed E-state index contributed by atoms with van der Waals surface area (Å²) in [7, 11) is 3.24. The zero-order valence-electron chi connectivity index (χ0n) is 32.9. The number of carbonyl (C=O) groups is 4. The van der Waals surface area contributed by atoms with Gasteiger partial charge in [-0.15, -0.1) is 22.6 Å². The van der Waals surface area contributed by atoms with Crippen LogP contribution in [0.5, 0.6) is 11.5 Å². The minimum Gasteiger partial charge on any atom is -0.485 e. The summed E-state index contributed by atoms with van der Waals surface area (Å²) in [6.45, 7) is 3.50. The van der Waals surface area contributed by atoms with Gasteiger partial charge >= 0.3 is 5.97 Å². The normalized spacial score (nSPS) is 17.6. The first-order valence-electron chi connectivity index (χ1n) is 18.4. The fraction of sp³-hybridized carbons (Fsp3) is 0.268. The van der Waals surface area contributed by atoms with Gasteiger partial charge in [0.1, 0.15) is 35.9 Å². The Bertz CT molecular complexity index is 2400. The molecule has 0 saturated carbocycles. The van der Waals surface area contributed by atoms with Crippen LogP contribution >= 0.6 is 12.4 Å². The van der Waals surface area contributed by atoms with E-state index < -0.39 is 30.1 Å². The van der Waals surface area contributed by atoms with Crippen LogP contribution in [0.3, 0.4) is 0 Å². The Morgan fingerprint density at radius 2 is 1.18 bits per heavy atom. The second-order valence-electron chi connectivity index (χ2n) is 13.4. The molecule has 3 amide bonds. The van der Waals surface area contributed by atoms with Crippen molar-refractivity contribution >= 4 is 47.7 Å². The number of carbonyl (C=O) groups excluding carboxylic acids is 3. The highest BCUT2D eigenvalue weighted by atomic mass is 35.5. The van der Waals surface area contributed by atoms with Gasteiger partial charge < -0.3 is 25.6 Å². The number of fused-ring (bicyclic) bond motifs is 2. The summed E-state index contributed by atoms with van der Waals surface area (Å²) in [4.78, 5) is 67.1. The molecule has 2 aliphatic rings. The van der Waals surface area contributed by atoms with E-state index in [2.05, 4.69) is 45.6 Å². The number of nitrogens with two attached hydrogens (primary N) is 1. The van der Waals surface area contributed by atoms with Gasteiger partial charge in [-0.1, -0.05) is 68.1 Å². The fourth-order valence-corrected chi connectivity index (χ4v) is 5.95. The maximum absolute atomic E-state index is 12.9. The van der Waals surface area contributed by atoms with Crippen LogP contribution < -0.4 is 30.3 Å². The molecule has 0 spiro atoms. The molecule has 20 heteroatoms. The van der Waals surface area contributed by atoms with Crippen LogP contribution in [0.25, 0.3) is 0 Å². The van der Waals surface area contributed by atoms with Gasteiger partial charge in [-0.3, -0.25) is 34.4 Å². The summed E-state index contributed by atoms with van der Waals surface area (Å²) in [5.41, 5.74) is 7.85. The summed E-state index contributed by atoms with van der Waals surface area (Å²) in [6, 6.07) is 24.8. The Labute approximate surface area is 357 Å². The van der Waals surface area contributed by atoms with E-state index in [1.165, 1.54) is 9.80 Å². The van der Waals surface area contributed by atoms with Crippen molar-refractivity contribution in [1.29, 1.82) is 0 Å². The SMILES string of the molecule is C.C[C@H]1Oc2cccnc2N(C)C(=O)[C@H]1N.C[C@H]1Oc2cccnc2N(C)C(=O)[C@H]1NC(=O)c1n[nH]c(Cc2ccccc2)n1.Cl.O=C(O)c1n[nH]c(Cc2ccccc2)n1. The molecular formula is C41H47ClN12O7. The molecule has 0 unspecified atom stereocenters. The highest BCUT2D eigenvalue weighted by Crippen LogP contribution is 2.30. The Morgan fingerprint density at radius 1 is 0.721 bits per heavy atom. The van der Waals surface area contributed by atoms with Gasteiger partial charge in [-0.25, -0.2) is 24.7 Å². The third-order valence-corrected chi connectivity index (χ3v) is 9.12. The second-order valence-corrected chi connectivity index (χ2v) is 13.4. The minimum absolute atomic E-state index is 0. The third kappa shape index (κ3) is 11.5. The highest BCUT2D eigenvalue weighted by molar-refractivity contribution is 6.02. The first kappa shape index (κ1) is 46.4. The number of likely N-dealkylation sites (N-methyl/N-ethyl adjacent to an activating group) is 2. The van der Waals surface area contributed by atoms with Crippen molar-refractivity contribution in [2.45, 2.75) is 58.4 Å². The number of aromatic carboxylic acids is 1. The van der Waals surface area contributed by atoms with E-state index in [0.717, 1.165) is 11.1 Å². The lowest BCUT2D eigenvalue weighted by molar-refractivity contribution is -0.122. The molecule has 6 aromatic rings. The molecular weight excluding hydrogens is 808 g/mol. The summed E-state index contributed by atoms with van der Waals surface area (Å²) in [5, 5.41) is 24.2. The van der Waals surface area contributed by atoms with Gasteiger partial charge in [0.05, 0.1) is 0 Å². The van der Waals surface area contributed by atoms with E-state index >= 15 is 0 Å². The molecule has 4 aromatic heterocycles. The molecule has 0 radical (unpaired) electrons. The molecule has 4 atom stereocenters. The highest BCUT2D eigenvalue weighted by Gasteiger charge is 2.37. The molecule has 6 N–H and O–H groups in total. The zero-order valence-corrected chi connectivity index (χ0v) is 33.7. The molecule has 2 aliphatic heterocycles. The molecule has 8 rings (SSSR count). The maximum atomic E-state index is 12.9. The summed E-state index contributed by atoms with van der Waals surface area (Å²) in [6.07, 6.45) is 3.34. The van der Waals surface area contributed by atoms with Crippen molar-refractivity contribution in [2.24, 2.45) is 5.73 Å². The molecule has 0 bridgehead atoms. The predicted molar refractivity (Wildman–Crippen MR) is 227 cm³/mol. The maximum Gasteiger partial charge on any atom is 0.375 e. The van der Waals surface area contributed by atoms with Crippen LogP contribution in [0.1, 0.15) is 65.3 Å². The Morgan fingerprint density at radius 3 is 1.67 bits per heavy atom. The van der Waals surface area contributed by atoms with E-state index in [0.29, 0.717) is 47.6 Å². The van der Waals surface area contributed by atoms with Gasteiger partial charge in [-0.2, -0.15) is 0 Å². The molecule has 0 fully saturated rings. The standard InChI is InChI=1S/C20H20N6O3.C10H13N3O2.C10H9N3O2.CH4.ClH/c1-12-16(20(28)26(2)18-14(29-12)9-6-10-21-18)23-19(27)17-22-15(24-25-17)11-13-7-4-3-5-8-13;1-6-8(11)10(14)13(2)9-7(15-6)4-3-5-12-9;14-10(15)9-11-8(12-13-9)6-7-4-2-1-3-5-7;;/h3-10,12,16H,11H2,1-2H3,(H,23,27)(H,22,24,25);3-6,8H,11H2,1-2H3;1-5H,6H2,(H,14,15)(H,11,12,13);1H4;1H/t12-,16+;6-,8+;;;/m11.../s1. The van der Waals surface area contributed by atoms with Crippen molar-refractivity contribution < 1.29 is 33.8 Å². The summed E-state index contributed by atoms with van der Waals surface area (Å²) < 4.78 is 11.4. The van der Waals surface area contributed by atoms with E-state index in [1.54, 1.807) is 64.6 Å². The lowest BCUT2D eigenvalue weighted by Crippen LogP contribution is -2.53. The first-order valence-corrected chi connectivity index (χ1v) is 18.4. The van der Waals surface area contributed by atoms with E-state index in [-0.39, 0.29) is 49.4 Å². The van der Waals surface area contributed by atoms with Crippen molar-refractivity contribution in [2.75, 3.05) is 23.9 Å². The van der Waals surface area contributed by atoms with Crippen LogP contribution in [-0.2, 0) is 22.4 Å². The smallest absolute Gasteiger partial charge is 0.375 e. The number of anilines is 2. The average Bonchev–Trinajstić information content (AvgIpc) is 3.90. The number of aromatic amines is 2. The van der Waals surface area contributed by atoms with Gasteiger partial charge in [-0.05, 0) is 49.2 Å². The molecule has 2 aromatic carbocycles. The van der Waals surface area contributed by atoms with Gasteiger partial charge in [0.25, 0.3) is 17.6 Å². The van der Waals surface area contributed by atoms with Crippen LogP contribution in [-0.4, -0.2) is 108 Å². The number of carboxylic acids is 1. The van der Waals surface area contributed by atoms with Gasteiger partial charge in [0, 0.05) is 39.3 Å². The Balaban J connectivity index is 0.000000217.